The zero-order valence-electron chi connectivity index (χ0n) is 9.79. The summed E-state index contributed by atoms with van der Waals surface area (Å²) in [6.07, 6.45) is 0.906. The highest BCUT2D eigenvalue weighted by Crippen LogP contribution is 2.33. The molecule has 0 bridgehead atoms. The third kappa shape index (κ3) is 2.35. The van der Waals surface area contributed by atoms with E-state index in [1.807, 2.05) is 6.07 Å². The van der Waals surface area contributed by atoms with Crippen LogP contribution in [0.4, 0.5) is 4.39 Å². The van der Waals surface area contributed by atoms with Crippen LogP contribution >= 0.6 is 0 Å². The summed E-state index contributed by atoms with van der Waals surface area (Å²) in [5.74, 6) is 0.767. The van der Waals surface area contributed by atoms with E-state index in [4.69, 9.17) is 4.74 Å². The number of nitrogens with one attached hydrogen (secondary N) is 1. The summed E-state index contributed by atoms with van der Waals surface area (Å²) in [4.78, 5) is 0. The number of rotatable bonds is 3. The van der Waals surface area contributed by atoms with E-state index in [0.717, 1.165) is 18.5 Å². The summed E-state index contributed by atoms with van der Waals surface area (Å²) < 4.78 is 18.9. The zero-order chi connectivity index (χ0) is 11.5. The molecule has 1 heterocycles. The van der Waals surface area contributed by atoms with Crippen LogP contribution in [0.5, 0.6) is 5.75 Å². The summed E-state index contributed by atoms with van der Waals surface area (Å²) in [5, 5.41) is 3.46. The highest BCUT2D eigenvalue weighted by molar-refractivity contribution is 5.38. The van der Waals surface area contributed by atoms with Crippen molar-refractivity contribution in [3.8, 4) is 5.75 Å². The van der Waals surface area contributed by atoms with Crippen LogP contribution in [0.1, 0.15) is 31.9 Å². The Labute approximate surface area is 95.8 Å². The number of halogens is 1. The molecule has 2 nitrogen and oxygen atoms in total. The Morgan fingerprint density at radius 3 is 3.06 bits per heavy atom. The lowest BCUT2D eigenvalue weighted by molar-refractivity contribution is 0.238. The molecule has 2 rings (SSSR count). The van der Waals surface area contributed by atoms with E-state index in [2.05, 4.69) is 19.2 Å². The standard InChI is InChI=1S/C13H18FNO/c1-9(2)8-15-12-6-7-16-13-10(12)4-3-5-11(13)14/h3-5,9,12,15H,6-8H2,1-2H3. The van der Waals surface area contributed by atoms with Gasteiger partial charge < -0.3 is 10.1 Å². The Bertz CT molecular complexity index is 365. The lowest BCUT2D eigenvalue weighted by Crippen LogP contribution is -2.30. The number of ether oxygens (including phenoxy) is 1. The minimum atomic E-state index is -0.256. The fraction of sp³-hybridized carbons (Fsp3) is 0.538. The van der Waals surface area contributed by atoms with E-state index >= 15 is 0 Å². The molecule has 0 saturated carbocycles. The Kier molecular flexibility index (Phi) is 3.44. The lowest BCUT2D eigenvalue weighted by Gasteiger charge is -2.27. The molecular weight excluding hydrogens is 205 g/mol. The van der Waals surface area contributed by atoms with Crippen molar-refractivity contribution in [1.82, 2.24) is 5.32 Å². The quantitative estimate of drug-likeness (QED) is 0.850. The van der Waals surface area contributed by atoms with Gasteiger partial charge in [0.15, 0.2) is 11.6 Å². The van der Waals surface area contributed by atoms with Gasteiger partial charge in [0.1, 0.15) is 0 Å². The fourth-order valence-electron chi connectivity index (χ4n) is 1.98. The summed E-state index contributed by atoms with van der Waals surface area (Å²) in [7, 11) is 0. The molecule has 1 aliphatic heterocycles. The Morgan fingerprint density at radius 1 is 1.50 bits per heavy atom. The molecule has 0 radical (unpaired) electrons. The van der Waals surface area contributed by atoms with Gasteiger partial charge in [0.2, 0.25) is 0 Å². The van der Waals surface area contributed by atoms with E-state index in [1.165, 1.54) is 6.07 Å². The van der Waals surface area contributed by atoms with Gasteiger partial charge in [-0.25, -0.2) is 4.39 Å². The molecule has 0 amide bonds. The van der Waals surface area contributed by atoms with Crippen molar-refractivity contribution >= 4 is 0 Å². The molecular formula is C13H18FNO. The molecule has 1 aromatic carbocycles. The average molecular weight is 223 g/mol. The molecule has 1 atom stereocenters. The second-order valence-electron chi connectivity index (χ2n) is 4.65. The molecule has 1 aromatic rings. The van der Waals surface area contributed by atoms with Crippen LogP contribution in [-0.2, 0) is 0 Å². The Hall–Kier alpha value is -1.09. The van der Waals surface area contributed by atoms with Crippen LogP contribution in [0.2, 0.25) is 0 Å². The zero-order valence-corrected chi connectivity index (χ0v) is 9.79. The molecule has 0 spiro atoms. The SMILES string of the molecule is CC(C)CNC1CCOc2c(F)cccc21. The summed E-state index contributed by atoms with van der Waals surface area (Å²) in [6.45, 7) is 5.86. The number of hydrogen-bond donors (Lipinski definition) is 1. The molecule has 1 N–H and O–H groups in total. The van der Waals surface area contributed by atoms with Crippen molar-refractivity contribution in [3.63, 3.8) is 0 Å². The first-order valence-corrected chi connectivity index (χ1v) is 5.83. The first kappa shape index (κ1) is 11.4. The third-order valence-corrected chi connectivity index (χ3v) is 2.80. The maximum absolute atomic E-state index is 13.5. The van der Waals surface area contributed by atoms with Crippen molar-refractivity contribution in [2.75, 3.05) is 13.2 Å². The molecule has 0 fully saturated rings. The number of fused-ring (bicyclic) bond motifs is 1. The van der Waals surface area contributed by atoms with Crippen molar-refractivity contribution in [1.29, 1.82) is 0 Å². The molecule has 0 saturated heterocycles. The van der Waals surface area contributed by atoms with Gasteiger partial charge in [-0.3, -0.25) is 0 Å². The highest BCUT2D eigenvalue weighted by atomic mass is 19.1. The maximum atomic E-state index is 13.5. The van der Waals surface area contributed by atoms with Crippen LogP contribution in [0.15, 0.2) is 18.2 Å². The number of para-hydroxylation sites is 1. The highest BCUT2D eigenvalue weighted by Gasteiger charge is 2.23. The summed E-state index contributed by atoms with van der Waals surface area (Å²) >= 11 is 0. The molecule has 88 valence electrons. The molecule has 1 unspecified atom stereocenters. The normalized spacial score (nSPS) is 19.4. The first-order valence-electron chi connectivity index (χ1n) is 5.83. The summed E-state index contributed by atoms with van der Waals surface area (Å²) in [5.41, 5.74) is 0.951. The molecule has 3 heteroatoms. The Morgan fingerprint density at radius 2 is 2.31 bits per heavy atom. The molecule has 0 aromatic heterocycles. The minimum Gasteiger partial charge on any atom is -0.490 e. The molecule has 16 heavy (non-hydrogen) atoms. The Balaban J connectivity index is 2.16. The van der Waals surface area contributed by atoms with Crippen LogP contribution in [0, 0.1) is 11.7 Å². The monoisotopic (exact) mass is 223 g/mol. The predicted octanol–water partition coefficient (Wildman–Crippen LogP) is 2.89. The van der Waals surface area contributed by atoms with Crippen LogP contribution in [0.25, 0.3) is 0 Å². The van der Waals surface area contributed by atoms with Crippen LogP contribution in [-0.4, -0.2) is 13.2 Å². The smallest absolute Gasteiger partial charge is 0.165 e. The largest absolute Gasteiger partial charge is 0.490 e. The van der Waals surface area contributed by atoms with Crippen molar-refractivity contribution in [3.05, 3.63) is 29.6 Å². The predicted molar refractivity (Wildman–Crippen MR) is 62.1 cm³/mol. The first-order chi connectivity index (χ1) is 7.68. The van der Waals surface area contributed by atoms with Crippen molar-refractivity contribution in [2.45, 2.75) is 26.3 Å². The van der Waals surface area contributed by atoms with Gasteiger partial charge in [-0.1, -0.05) is 26.0 Å². The van der Waals surface area contributed by atoms with E-state index in [9.17, 15) is 4.39 Å². The second-order valence-corrected chi connectivity index (χ2v) is 4.65. The third-order valence-electron chi connectivity index (χ3n) is 2.80. The average Bonchev–Trinajstić information content (AvgIpc) is 2.27. The van der Waals surface area contributed by atoms with Gasteiger partial charge in [0, 0.05) is 18.0 Å². The van der Waals surface area contributed by atoms with Gasteiger partial charge in [-0.2, -0.15) is 0 Å². The maximum Gasteiger partial charge on any atom is 0.165 e. The van der Waals surface area contributed by atoms with Gasteiger partial charge in [0.25, 0.3) is 0 Å². The fourth-order valence-corrected chi connectivity index (χ4v) is 1.98. The number of hydrogen-bond acceptors (Lipinski definition) is 2. The second kappa shape index (κ2) is 4.83. The molecule has 1 aliphatic rings. The van der Waals surface area contributed by atoms with E-state index in [-0.39, 0.29) is 11.9 Å². The van der Waals surface area contributed by atoms with Crippen LogP contribution in [0.3, 0.4) is 0 Å². The molecule has 0 aliphatic carbocycles. The lowest BCUT2D eigenvalue weighted by atomic mass is 10.00. The summed E-state index contributed by atoms with van der Waals surface area (Å²) in [6, 6.07) is 5.36. The van der Waals surface area contributed by atoms with E-state index in [0.29, 0.717) is 18.3 Å². The minimum absolute atomic E-state index is 0.224. The van der Waals surface area contributed by atoms with Crippen LogP contribution < -0.4 is 10.1 Å². The topological polar surface area (TPSA) is 21.3 Å². The van der Waals surface area contributed by atoms with Gasteiger partial charge in [-0.05, 0) is 18.5 Å². The van der Waals surface area contributed by atoms with Gasteiger partial charge in [-0.15, -0.1) is 0 Å². The van der Waals surface area contributed by atoms with Gasteiger partial charge >= 0.3 is 0 Å². The number of benzene rings is 1. The van der Waals surface area contributed by atoms with E-state index in [1.54, 1.807) is 6.07 Å². The van der Waals surface area contributed by atoms with Gasteiger partial charge in [0.05, 0.1) is 6.61 Å². The van der Waals surface area contributed by atoms with Crippen molar-refractivity contribution in [2.24, 2.45) is 5.92 Å². The van der Waals surface area contributed by atoms with Crippen molar-refractivity contribution < 1.29 is 9.13 Å². The van der Waals surface area contributed by atoms with E-state index < -0.39 is 0 Å².